The Hall–Kier alpha value is -0.780. The van der Waals surface area contributed by atoms with Crippen molar-refractivity contribution >= 4 is 38.9 Å². The van der Waals surface area contributed by atoms with Gasteiger partial charge in [0.05, 0.1) is 4.90 Å². The first-order valence-electron chi connectivity index (χ1n) is 5.89. The lowest BCUT2D eigenvalue weighted by atomic mass is 10.2. The average Bonchev–Trinajstić information content (AvgIpc) is 2.52. The lowest BCUT2D eigenvalue weighted by Gasteiger charge is -2.14. The summed E-state index contributed by atoms with van der Waals surface area (Å²) < 4.78 is 25.0. The number of hydrogen-bond acceptors (Lipinski definition) is 3. The fraction of sp³-hybridized carbons (Fsp3) is 0.417. The van der Waals surface area contributed by atoms with Gasteiger partial charge in [0, 0.05) is 16.6 Å². The summed E-state index contributed by atoms with van der Waals surface area (Å²) in [7, 11) is -3.76. The molecule has 1 aliphatic heterocycles. The van der Waals surface area contributed by atoms with E-state index >= 15 is 0 Å². The van der Waals surface area contributed by atoms with E-state index in [2.05, 4.69) is 5.32 Å². The average molecular weight is 322 g/mol. The fourth-order valence-electron chi connectivity index (χ4n) is 2.06. The molecule has 1 N–H and O–H groups in total. The molecule has 0 saturated carbocycles. The summed E-state index contributed by atoms with van der Waals surface area (Å²) in [6, 6.07) is 4.09. The van der Waals surface area contributed by atoms with Crippen molar-refractivity contribution in [3.05, 3.63) is 28.2 Å². The molecule has 0 bridgehead atoms. The summed E-state index contributed by atoms with van der Waals surface area (Å²) in [5, 5.41) is 2.02. The van der Waals surface area contributed by atoms with Gasteiger partial charge < -0.3 is 5.32 Å². The highest BCUT2D eigenvalue weighted by Gasteiger charge is 2.34. The number of halogens is 2. The van der Waals surface area contributed by atoms with Crippen LogP contribution in [0.15, 0.2) is 23.1 Å². The van der Waals surface area contributed by atoms with Crippen molar-refractivity contribution in [1.82, 2.24) is 5.32 Å². The molecule has 0 spiro atoms. The second-order valence-electron chi connectivity index (χ2n) is 4.43. The zero-order valence-electron chi connectivity index (χ0n) is 10.0. The number of carbonyl (C=O) groups is 1. The standard InChI is InChI=1S/C12H13Cl2NO3S/c13-8-5-9(14)7-10(6-8)19(17,18)11-3-1-2-4-15-12(11)16/h5-7,11H,1-4H2,(H,15,16). The van der Waals surface area contributed by atoms with Gasteiger partial charge in [0.2, 0.25) is 5.91 Å². The van der Waals surface area contributed by atoms with Gasteiger partial charge in [-0.2, -0.15) is 0 Å². The molecule has 2 rings (SSSR count). The fourth-order valence-corrected chi connectivity index (χ4v) is 4.47. The number of nitrogens with one attached hydrogen (secondary N) is 1. The van der Waals surface area contributed by atoms with E-state index in [0.29, 0.717) is 19.4 Å². The maximum Gasteiger partial charge on any atom is 0.238 e. The lowest BCUT2D eigenvalue weighted by Crippen LogP contribution is -2.38. The number of amides is 1. The molecule has 1 heterocycles. The lowest BCUT2D eigenvalue weighted by molar-refractivity contribution is -0.120. The summed E-state index contributed by atoms with van der Waals surface area (Å²) in [6.45, 7) is 0.515. The van der Waals surface area contributed by atoms with Crippen molar-refractivity contribution in [3.63, 3.8) is 0 Å². The van der Waals surface area contributed by atoms with E-state index in [1.807, 2.05) is 0 Å². The highest BCUT2D eigenvalue weighted by atomic mass is 35.5. The molecule has 1 fully saturated rings. The van der Waals surface area contributed by atoms with Gasteiger partial charge >= 0.3 is 0 Å². The molecular weight excluding hydrogens is 309 g/mol. The van der Waals surface area contributed by atoms with Crippen molar-refractivity contribution in [2.45, 2.75) is 29.4 Å². The smallest absolute Gasteiger partial charge is 0.238 e. The van der Waals surface area contributed by atoms with Crippen LogP contribution in [0.25, 0.3) is 0 Å². The maximum absolute atomic E-state index is 12.5. The largest absolute Gasteiger partial charge is 0.355 e. The Morgan fingerprint density at radius 1 is 1.11 bits per heavy atom. The second kappa shape index (κ2) is 5.69. The van der Waals surface area contributed by atoms with Crippen molar-refractivity contribution in [2.75, 3.05) is 6.54 Å². The SMILES string of the molecule is O=C1NCCCCC1S(=O)(=O)c1cc(Cl)cc(Cl)c1. The van der Waals surface area contributed by atoms with Crippen LogP contribution in [0.3, 0.4) is 0 Å². The number of carbonyl (C=O) groups excluding carboxylic acids is 1. The number of sulfone groups is 1. The summed E-state index contributed by atoms with van der Waals surface area (Å²) in [4.78, 5) is 11.8. The Bertz CT molecular complexity index is 581. The molecule has 19 heavy (non-hydrogen) atoms. The topological polar surface area (TPSA) is 63.2 Å². The summed E-state index contributed by atoms with van der Waals surface area (Å²) in [5.41, 5.74) is 0. The van der Waals surface area contributed by atoms with Crippen LogP contribution in [0, 0.1) is 0 Å². The zero-order valence-corrected chi connectivity index (χ0v) is 12.4. The van der Waals surface area contributed by atoms with Crippen LogP contribution in [0.2, 0.25) is 10.0 Å². The van der Waals surface area contributed by atoms with Crippen molar-refractivity contribution in [2.24, 2.45) is 0 Å². The van der Waals surface area contributed by atoms with Gasteiger partial charge in [-0.1, -0.05) is 23.2 Å². The van der Waals surface area contributed by atoms with E-state index in [-0.39, 0.29) is 14.9 Å². The van der Waals surface area contributed by atoms with E-state index < -0.39 is 21.0 Å². The van der Waals surface area contributed by atoms with E-state index in [4.69, 9.17) is 23.2 Å². The van der Waals surface area contributed by atoms with E-state index in [9.17, 15) is 13.2 Å². The Labute approximate surface area is 122 Å². The van der Waals surface area contributed by atoms with Crippen molar-refractivity contribution < 1.29 is 13.2 Å². The van der Waals surface area contributed by atoms with Gasteiger partial charge in [-0.15, -0.1) is 0 Å². The molecule has 1 aliphatic rings. The van der Waals surface area contributed by atoms with Gasteiger partial charge in [-0.3, -0.25) is 4.79 Å². The maximum atomic E-state index is 12.5. The summed E-state index contributed by atoms with van der Waals surface area (Å²) >= 11 is 11.6. The first-order valence-corrected chi connectivity index (χ1v) is 8.19. The molecule has 1 aromatic rings. The molecule has 1 unspecified atom stereocenters. The molecule has 1 saturated heterocycles. The normalized spacial score (nSPS) is 20.7. The van der Waals surface area contributed by atoms with Gasteiger partial charge in [0.1, 0.15) is 5.25 Å². The predicted octanol–water partition coefficient (Wildman–Crippen LogP) is 2.44. The van der Waals surface area contributed by atoms with Gasteiger partial charge in [-0.25, -0.2) is 8.42 Å². The van der Waals surface area contributed by atoms with Crippen LogP contribution in [0.5, 0.6) is 0 Å². The zero-order chi connectivity index (χ0) is 14.0. The van der Waals surface area contributed by atoms with Crippen molar-refractivity contribution in [1.29, 1.82) is 0 Å². The molecule has 1 aromatic carbocycles. The molecule has 0 aromatic heterocycles. The molecule has 1 amide bonds. The number of benzene rings is 1. The molecule has 0 aliphatic carbocycles. The Morgan fingerprint density at radius 2 is 1.74 bits per heavy atom. The summed E-state index contributed by atoms with van der Waals surface area (Å²) in [6.07, 6.45) is 1.79. The molecular formula is C12H13Cl2NO3S. The first kappa shape index (κ1) is 14.6. The third kappa shape index (κ3) is 3.22. The molecule has 4 nitrogen and oxygen atoms in total. The Balaban J connectivity index is 2.43. The minimum atomic E-state index is -3.76. The quantitative estimate of drug-likeness (QED) is 0.909. The van der Waals surface area contributed by atoms with Crippen molar-refractivity contribution in [3.8, 4) is 0 Å². The molecule has 0 radical (unpaired) electrons. The Morgan fingerprint density at radius 3 is 2.37 bits per heavy atom. The monoisotopic (exact) mass is 321 g/mol. The summed E-state index contributed by atoms with van der Waals surface area (Å²) in [5.74, 6) is -0.450. The van der Waals surface area contributed by atoms with Crippen LogP contribution in [0.4, 0.5) is 0 Å². The van der Waals surface area contributed by atoms with Crippen LogP contribution >= 0.6 is 23.2 Å². The first-order chi connectivity index (χ1) is 8.91. The van der Waals surface area contributed by atoms with Crippen LogP contribution in [0.1, 0.15) is 19.3 Å². The van der Waals surface area contributed by atoms with Crippen LogP contribution in [-0.2, 0) is 14.6 Å². The minimum absolute atomic E-state index is 0.00736. The van der Waals surface area contributed by atoms with Crippen LogP contribution in [-0.4, -0.2) is 26.1 Å². The van der Waals surface area contributed by atoms with E-state index in [0.717, 1.165) is 6.42 Å². The highest BCUT2D eigenvalue weighted by Crippen LogP contribution is 2.27. The second-order valence-corrected chi connectivity index (χ2v) is 7.43. The molecule has 104 valence electrons. The van der Waals surface area contributed by atoms with E-state index in [1.165, 1.54) is 18.2 Å². The third-order valence-electron chi connectivity index (χ3n) is 3.02. The predicted molar refractivity (Wildman–Crippen MR) is 74.3 cm³/mol. The van der Waals surface area contributed by atoms with Crippen LogP contribution < -0.4 is 5.32 Å². The highest BCUT2D eigenvalue weighted by molar-refractivity contribution is 7.92. The molecule has 1 atom stereocenters. The molecule has 7 heteroatoms. The van der Waals surface area contributed by atoms with Gasteiger partial charge in [-0.05, 0) is 37.5 Å². The number of rotatable bonds is 2. The third-order valence-corrected chi connectivity index (χ3v) is 5.55. The van der Waals surface area contributed by atoms with Gasteiger partial charge in [0.25, 0.3) is 0 Å². The Kier molecular flexibility index (Phi) is 4.38. The van der Waals surface area contributed by atoms with Gasteiger partial charge in [0.15, 0.2) is 9.84 Å². The number of hydrogen-bond donors (Lipinski definition) is 1. The van der Waals surface area contributed by atoms with E-state index in [1.54, 1.807) is 0 Å². The minimum Gasteiger partial charge on any atom is -0.355 e.